The summed E-state index contributed by atoms with van der Waals surface area (Å²) < 4.78 is 44.3. The van der Waals surface area contributed by atoms with Crippen molar-refractivity contribution in [1.82, 2.24) is 4.90 Å². The van der Waals surface area contributed by atoms with Gasteiger partial charge < -0.3 is 10.1 Å². The summed E-state index contributed by atoms with van der Waals surface area (Å²) in [5, 5.41) is 2.31. The highest BCUT2D eigenvalue weighted by Crippen LogP contribution is 2.34. The average molecular weight is 352 g/mol. The number of ether oxygens (including phenoxy) is 1. The van der Waals surface area contributed by atoms with Crippen molar-refractivity contribution in [3.05, 3.63) is 60.2 Å². The van der Waals surface area contributed by atoms with Crippen molar-refractivity contribution >= 4 is 11.6 Å². The molecule has 134 valence electrons. The normalized spacial score (nSPS) is 11.4. The molecule has 2 aromatic rings. The molecule has 25 heavy (non-hydrogen) atoms. The number of anilines is 1. The Bertz CT molecular complexity index is 690. The van der Waals surface area contributed by atoms with Crippen LogP contribution in [0.2, 0.25) is 0 Å². The minimum absolute atomic E-state index is 0.0374. The molecule has 0 saturated carbocycles. The highest BCUT2D eigenvalue weighted by atomic mass is 19.4. The molecular weight excluding hydrogens is 333 g/mol. The van der Waals surface area contributed by atoms with Crippen LogP contribution >= 0.6 is 0 Å². The molecule has 1 N–H and O–H groups in total. The van der Waals surface area contributed by atoms with Crippen LogP contribution in [0.15, 0.2) is 54.6 Å². The summed E-state index contributed by atoms with van der Waals surface area (Å²) in [4.78, 5) is 13.6. The SMILES string of the molecule is CN(CCOc1ccccc1)CC(=O)Nc1ccccc1C(F)(F)F. The second kappa shape index (κ2) is 8.53. The number of benzene rings is 2. The topological polar surface area (TPSA) is 41.6 Å². The molecule has 0 aliphatic carbocycles. The number of para-hydroxylation sites is 2. The molecule has 4 nitrogen and oxygen atoms in total. The Balaban J connectivity index is 1.82. The molecule has 0 aromatic heterocycles. The maximum atomic E-state index is 12.9. The van der Waals surface area contributed by atoms with Gasteiger partial charge in [0.05, 0.1) is 17.8 Å². The van der Waals surface area contributed by atoms with E-state index in [1.165, 1.54) is 18.2 Å². The summed E-state index contributed by atoms with van der Waals surface area (Å²) in [7, 11) is 1.70. The van der Waals surface area contributed by atoms with Crippen molar-refractivity contribution in [1.29, 1.82) is 0 Å². The number of nitrogens with zero attached hydrogens (tertiary/aromatic N) is 1. The zero-order valence-electron chi connectivity index (χ0n) is 13.7. The van der Waals surface area contributed by atoms with Crippen molar-refractivity contribution in [3.63, 3.8) is 0 Å². The van der Waals surface area contributed by atoms with E-state index in [0.29, 0.717) is 13.2 Å². The molecule has 0 radical (unpaired) electrons. The minimum Gasteiger partial charge on any atom is -0.492 e. The fraction of sp³-hybridized carbons (Fsp3) is 0.278. The number of carbonyl (C=O) groups is 1. The van der Waals surface area contributed by atoms with Gasteiger partial charge in [-0.05, 0) is 31.3 Å². The lowest BCUT2D eigenvalue weighted by Crippen LogP contribution is -2.33. The van der Waals surface area contributed by atoms with Crippen LogP contribution in [-0.2, 0) is 11.0 Å². The van der Waals surface area contributed by atoms with Gasteiger partial charge in [0.25, 0.3) is 0 Å². The van der Waals surface area contributed by atoms with E-state index in [1.54, 1.807) is 11.9 Å². The quantitative estimate of drug-likeness (QED) is 0.827. The lowest BCUT2D eigenvalue weighted by molar-refractivity contribution is -0.137. The molecule has 2 aromatic carbocycles. The van der Waals surface area contributed by atoms with Gasteiger partial charge in [0, 0.05) is 6.54 Å². The Morgan fingerprint density at radius 3 is 2.40 bits per heavy atom. The summed E-state index contributed by atoms with van der Waals surface area (Å²) in [6.45, 7) is 0.792. The van der Waals surface area contributed by atoms with E-state index in [-0.39, 0.29) is 12.2 Å². The Labute approximate surface area is 144 Å². The van der Waals surface area contributed by atoms with Crippen LogP contribution in [0, 0.1) is 0 Å². The molecule has 2 rings (SSSR count). The third kappa shape index (κ3) is 6.11. The Morgan fingerprint density at radius 2 is 1.72 bits per heavy atom. The van der Waals surface area contributed by atoms with E-state index in [9.17, 15) is 18.0 Å². The summed E-state index contributed by atoms with van der Waals surface area (Å²) in [6.07, 6.45) is -4.51. The van der Waals surface area contributed by atoms with E-state index in [2.05, 4.69) is 5.32 Å². The van der Waals surface area contributed by atoms with Gasteiger partial charge in [-0.1, -0.05) is 30.3 Å². The third-order valence-corrected chi connectivity index (χ3v) is 3.41. The number of amides is 1. The fourth-order valence-electron chi connectivity index (χ4n) is 2.19. The number of rotatable bonds is 7. The third-order valence-electron chi connectivity index (χ3n) is 3.41. The van der Waals surface area contributed by atoms with E-state index < -0.39 is 17.6 Å². The van der Waals surface area contributed by atoms with E-state index in [0.717, 1.165) is 11.8 Å². The van der Waals surface area contributed by atoms with Gasteiger partial charge in [0.2, 0.25) is 5.91 Å². The van der Waals surface area contributed by atoms with Crippen molar-refractivity contribution < 1.29 is 22.7 Å². The first-order valence-corrected chi connectivity index (χ1v) is 7.69. The maximum Gasteiger partial charge on any atom is 0.418 e. The van der Waals surface area contributed by atoms with Crippen molar-refractivity contribution in [2.75, 3.05) is 32.1 Å². The molecule has 0 aliphatic heterocycles. The standard InChI is InChI=1S/C18H19F3N2O2/c1-23(11-12-25-14-7-3-2-4-8-14)13-17(24)22-16-10-6-5-9-15(16)18(19,20)21/h2-10H,11-13H2,1H3,(H,22,24). The molecule has 0 unspecified atom stereocenters. The molecule has 0 aliphatic rings. The Hall–Kier alpha value is -2.54. The van der Waals surface area contributed by atoms with Gasteiger partial charge >= 0.3 is 6.18 Å². The van der Waals surface area contributed by atoms with E-state index >= 15 is 0 Å². The first-order chi connectivity index (χ1) is 11.9. The van der Waals surface area contributed by atoms with Crippen LogP contribution < -0.4 is 10.1 Å². The van der Waals surface area contributed by atoms with Crippen LogP contribution in [0.3, 0.4) is 0 Å². The number of alkyl halides is 3. The Kier molecular flexibility index (Phi) is 6.41. The first kappa shape index (κ1) is 18.8. The molecule has 0 fully saturated rings. The lowest BCUT2D eigenvalue weighted by Gasteiger charge is -2.18. The molecule has 7 heteroatoms. The summed E-state index contributed by atoms with van der Waals surface area (Å²) in [6, 6.07) is 14.1. The number of nitrogens with one attached hydrogen (secondary N) is 1. The second-order valence-electron chi connectivity index (χ2n) is 5.49. The van der Waals surface area contributed by atoms with Crippen molar-refractivity contribution in [2.24, 2.45) is 0 Å². The Morgan fingerprint density at radius 1 is 1.08 bits per heavy atom. The number of hydrogen-bond acceptors (Lipinski definition) is 3. The van der Waals surface area contributed by atoms with Crippen LogP contribution in [0.5, 0.6) is 5.75 Å². The van der Waals surface area contributed by atoms with Gasteiger partial charge in [0.1, 0.15) is 12.4 Å². The second-order valence-corrected chi connectivity index (χ2v) is 5.49. The summed E-state index contributed by atoms with van der Waals surface area (Å²) in [5.41, 5.74) is -1.10. The van der Waals surface area contributed by atoms with E-state index in [1.807, 2.05) is 30.3 Å². The minimum atomic E-state index is -4.51. The van der Waals surface area contributed by atoms with Gasteiger partial charge in [-0.15, -0.1) is 0 Å². The predicted octanol–water partition coefficient (Wildman–Crippen LogP) is 3.65. The van der Waals surface area contributed by atoms with Crippen LogP contribution in [0.4, 0.5) is 18.9 Å². The molecule has 1 amide bonds. The van der Waals surface area contributed by atoms with Crippen LogP contribution in [-0.4, -0.2) is 37.6 Å². The zero-order valence-corrected chi connectivity index (χ0v) is 13.7. The van der Waals surface area contributed by atoms with E-state index in [4.69, 9.17) is 4.74 Å². The van der Waals surface area contributed by atoms with Crippen LogP contribution in [0.25, 0.3) is 0 Å². The van der Waals surface area contributed by atoms with Gasteiger partial charge in [-0.2, -0.15) is 13.2 Å². The molecule has 0 saturated heterocycles. The van der Waals surface area contributed by atoms with Crippen molar-refractivity contribution in [2.45, 2.75) is 6.18 Å². The van der Waals surface area contributed by atoms with Gasteiger partial charge in [0.15, 0.2) is 0 Å². The van der Waals surface area contributed by atoms with Crippen molar-refractivity contribution in [3.8, 4) is 5.75 Å². The number of halogens is 3. The smallest absolute Gasteiger partial charge is 0.418 e. The predicted molar refractivity (Wildman–Crippen MR) is 89.5 cm³/mol. The summed E-state index contributed by atoms with van der Waals surface area (Å²) in [5.74, 6) is 0.207. The largest absolute Gasteiger partial charge is 0.492 e. The maximum absolute atomic E-state index is 12.9. The average Bonchev–Trinajstić information content (AvgIpc) is 2.55. The molecule has 0 spiro atoms. The monoisotopic (exact) mass is 352 g/mol. The van der Waals surface area contributed by atoms with Crippen LogP contribution in [0.1, 0.15) is 5.56 Å². The molecule has 0 heterocycles. The number of hydrogen-bond donors (Lipinski definition) is 1. The highest BCUT2D eigenvalue weighted by molar-refractivity contribution is 5.93. The number of likely N-dealkylation sites (N-methyl/N-ethyl adjacent to an activating group) is 1. The zero-order chi connectivity index (χ0) is 18.3. The highest BCUT2D eigenvalue weighted by Gasteiger charge is 2.33. The molecular formula is C18H19F3N2O2. The molecule has 0 bridgehead atoms. The lowest BCUT2D eigenvalue weighted by atomic mass is 10.1. The number of carbonyl (C=O) groups excluding carboxylic acids is 1. The van der Waals surface area contributed by atoms with Gasteiger partial charge in [-0.25, -0.2) is 0 Å². The fourth-order valence-corrected chi connectivity index (χ4v) is 2.19. The van der Waals surface area contributed by atoms with Gasteiger partial charge in [-0.3, -0.25) is 9.69 Å². The first-order valence-electron chi connectivity index (χ1n) is 7.69. The summed E-state index contributed by atoms with van der Waals surface area (Å²) >= 11 is 0. The molecule has 0 atom stereocenters.